The van der Waals surface area contributed by atoms with E-state index >= 15 is 0 Å². The van der Waals surface area contributed by atoms with E-state index in [4.69, 9.17) is 4.74 Å². The number of anilines is 1. The van der Waals surface area contributed by atoms with Crippen LogP contribution in [0.15, 0.2) is 65.5 Å². The van der Waals surface area contributed by atoms with Crippen LogP contribution >= 0.6 is 0 Å². The van der Waals surface area contributed by atoms with E-state index in [1.807, 2.05) is 62.4 Å². The molecule has 0 amide bonds. The number of pyridine rings is 1. The van der Waals surface area contributed by atoms with Crippen molar-refractivity contribution in [2.24, 2.45) is 11.8 Å². The van der Waals surface area contributed by atoms with Crippen LogP contribution in [0.3, 0.4) is 0 Å². The van der Waals surface area contributed by atoms with E-state index in [0.717, 1.165) is 28.6 Å². The first-order valence-corrected chi connectivity index (χ1v) is 12.0. The predicted molar refractivity (Wildman–Crippen MR) is 142 cm³/mol. The van der Waals surface area contributed by atoms with Gasteiger partial charge in [0.15, 0.2) is 0 Å². The first-order chi connectivity index (χ1) is 16.7. The van der Waals surface area contributed by atoms with E-state index in [1.165, 1.54) is 0 Å². The van der Waals surface area contributed by atoms with Crippen molar-refractivity contribution in [2.45, 2.75) is 40.8 Å². The highest BCUT2D eigenvalue weighted by Crippen LogP contribution is 2.32. The summed E-state index contributed by atoms with van der Waals surface area (Å²) < 4.78 is 7.70. The lowest BCUT2D eigenvalue weighted by molar-refractivity contribution is 0.0692. The van der Waals surface area contributed by atoms with E-state index in [9.17, 15) is 14.7 Å². The summed E-state index contributed by atoms with van der Waals surface area (Å²) >= 11 is 0. The molecule has 1 aromatic heterocycles. The minimum Gasteiger partial charge on any atom is -0.488 e. The smallest absolute Gasteiger partial charge is 0.339 e. The van der Waals surface area contributed by atoms with Crippen molar-refractivity contribution in [1.82, 2.24) is 4.57 Å². The van der Waals surface area contributed by atoms with Crippen molar-refractivity contribution in [1.29, 1.82) is 0 Å². The third-order valence-corrected chi connectivity index (χ3v) is 5.90. The largest absolute Gasteiger partial charge is 0.488 e. The standard InChI is InChI=1S/C29H32N2O4/c1-18(2)15-30-21-10-11-22-23-14-27(35-17-20-8-6-5-7-9-20)25(29(33)34)13-26(23)31(16-19(3)4)28(32)24(22)12-21/h5-14,18-19,30H,15-17H2,1-4H3,(H,33,34). The van der Waals surface area contributed by atoms with Crippen LogP contribution in [0.5, 0.6) is 5.75 Å². The number of carboxylic acids is 1. The van der Waals surface area contributed by atoms with E-state index in [0.29, 0.717) is 23.4 Å². The summed E-state index contributed by atoms with van der Waals surface area (Å²) in [5, 5.41) is 15.5. The van der Waals surface area contributed by atoms with Crippen molar-refractivity contribution >= 4 is 33.3 Å². The molecule has 0 saturated carbocycles. The third-order valence-electron chi connectivity index (χ3n) is 5.90. The topological polar surface area (TPSA) is 80.6 Å². The zero-order valence-corrected chi connectivity index (χ0v) is 20.7. The summed E-state index contributed by atoms with van der Waals surface area (Å²) in [6.45, 7) is 9.88. The van der Waals surface area contributed by atoms with Gasteiger partial charge in [-0.25, -0.2) is 4.79 Å². The molecule has 0 aliphatic rings. The first kappa shape index (κ1) is 24.3. The minimum atomic E-state index is -1.09. The molecule has 4 aromatic rings. The Balaban J connectivity index is 1.92. The number of carboxylic acid groups (broad SMARTS) is 1. The van der Waals surface area contributed by atoms with Gasteiger partial charge in [-0.05, 0) is 47.1 Å². The van der Waals surface area contributed by atoms with Gasteiger partial charge >= 0.3 is 5.97 Å². The number of ether oxygens (including phenoxy) is 1. The van der Waals surface area contributed by atoms with Gasteiger partial charge in [0.1, 0.15) is 17.9 Å². The van der Waals surface area contributed by atoms with Crippen LogP contribution in [0.1, 0.15) is 43.6 Å². The minimum absolute atomic E-state index is 0.0416. The Bertz CT molecular complexity index is 1420. The second-order valence-corrected chi connectivity index (χ2v) is 9.79. The molecule has 0 aliphatic carbocycles. The van der Waals surface area contributed by atoms with Gasteiger partial charge in [0.05, 0.1) is 5.52 Å². The van der Waals surface area contributed by atoms with Crippen LogP contribution in [0.25, 0.3) is 21.7 Å². The molecule has 0 bridgehead atoms. The van der Waals surface area contributed by atoms with Crippen molar-refractivity contribution < 1.29 is 14.6 Å². The number of hydrogen-bond acceptors (Lipinski definition) is 4. The van der Waals surface area contributed by atoms with Crippen LogP contribution in [-0.2, 0) is 13.2 Å². The molecular weight excluding hydrogens is 440 g/mol. The Morgan fingerprint density at radius 1 is 0.943 bits per heavy atom. The summed E-state index contributed by atoms with van der Waals surface area (Å²) in [7, 11) is 0. The molecule has 6 nitrogen and oxygen atoms in total. The van der Waals surface area contributed by atoms with Crippen molar-refractivity contribution in [3.05, 3.63) is 82.1 Å². The van der Waals surface area contributed by atoms with Crippen LogP contribution in [0, 0.1) is 11.8 Å². The Hall–Kier alpha value is -3.80. The van der Waals surface area contributed by atoms with Crippen LogP contribution in [0.4, 0.5) is 5.69 Å². The summed E-state index contributed by atoms with van der Waals surface area (Å²) in [6.07, 6.45) is 0. The van der Waals surface area contributed by atoms with Gasteiger partial charge in [-0.2, -0.15) is 0 Å². The molecule has 0 aliphatic heterocycles. The van der Waals surface area contributed by atoms with Gasteiger partial charge in [0.2, 0.25) is 0 Å². The molecule has 2 N–H and O–H groups in total. The molecule has 0 saturated heterocycles. The molecule has 6 heteroatoms. The lowest BCUT2D eigenvalue weighted by Crippen LogP contribution is -2.24. The summed E-state index contributed by atoms with van der Waals surface area (Å²) in [5.74, 6) is -0.129. The molecule has 0 atom stereocenters. The fourth-order valence-corrected chi connectivity index (χ4v) is 4.22. The second-order valence-electron chi connectivity index (χ2n) is 9.79. The zero-order chi connectivity index (χ0) is 25.1. The first-order valence-electron chi connectivity index (χ1n) is 12.0. The fourth-order valence-electron chi connectivity index (χ4n) is 4.22. The molecule has 4 rings (SSSR count). The molecule has 1 heterocycles. The molecule has 0 unspecified atom stereocenters. The van der Waals surface area contributed by atoms with Crippen LogP contribution in [0.2, 0.25) is 0 Å². The van der Waals surface area contributed by atoms with Gasteiger partial charge in [-0.15, -0.1) is 0 Å². The van der Waals surface area contributed by atoms with E-state index in [2.05, 4.69) is 19.2 Å². The lowest BCUT2D eigenvalue weighted by atomic mass is 10.0. The highest BCUT2D eigenvalue weighted by Gasteiger charge is 2.19. The predicted octanol–water partition coefficient (Wildman–Crippen LogP) is 6.16. The maximum Gasteiger partial charge on any atom is 0.339 e. The van der Waals surface area contributed by atoms with Crippen molar-refractivity contribution in [2.75, 3.05) is 11.9 Å². The Kier molecular flexibility index (Phi) is 7.10. The van der Waals surface area contributed by atoms with Gasteiger partial charge < -0.3 is 19.7 Å². The Morgan fingerprint density at radius 2 is 1.69 bits per heavy atom. The van der Waals surface area contributed by atoms with Gasteiger partial charge in [-0.3, -0.25) is 4.79 Å². The number of rotatable bonds is 9. The quantitative estimate of drug-likeness (QED) is 0.285. The normalized spacial score (nSPS) is 11.5. The monoisotopic (exact) mass is 472 g/mol. The molecule has 35 heavy (non-hydrogen) atoms. The van der Waals surface area contributed by atoms with Gasteiger partial charge in [0.25, 0.3) is 5.56 Å². The maximum atomic E-state index is 13.6. The number of carbonyl (C=O) groups is 1. The van der Waals surface area contributed by atoms with Crippen LogP contribution in [-0.4, -0.2) is 22.2 Å². The number of benzene rings is 3. The third kappa shape index (κ3) is 5.32. The Labute approximate surface area is 205 Å². The molecule has 182 valence electrons. The number of fused-ring (bicyclic) bond motifs is 3. The van der Waals surface area contributed by atoms with Gasteiger partial charge in [0, 0.05) is 29.5 Å². The molecule has 0 fully saturated rings. The van der Waals surface area contributed by atoms with Crippen molar-refractivity contribution in [3.8, 4) is 5.75 Å². The number of aromatic carboxylic acids is 1. The average Bonchev–Trinajstić information content (AvgIpc) is 2.83. The number of hydrogen-bond donors (Lipinski definition) is 2. The number of nitrogens with one attached hydrogen (secondary N) is 1. The maximum absolute atomic E-state index is 13.6. The lowest BCUT2D eigenvalue weighted by Gasteiger charge is -2.18. The van der Waals surface area contributed by atoms with Crippen LogP contribution < -0.4 is 15.6 Å². The summed E-state index contributed by atoms with van der Waals surface area (Å²) in [4.78, 5) is 25.8. The highest BCUT2D eigenvalue weighted by molar-refractivity contribution is 6.09. The zero-order valence-electron chi connectivity index (χ0n) is 20.7. The van der Waals surface area contributed by atoms with E-state index < -0.39 is 5.97 Å². The molecule has 0 radical (unpaired) electrons. The van der Waals surface area contributed by atoms with E-state index in [1.54, 1.807) is 16.7 Å². The summed E-state index contributed by atoms with van der Waals surface area (Å²) in [5.41, 5.74) is 2.35. The number of aromatic nitrogens is 1. The molecular formula is C29H32N2O4. The summed E-state index contributed by atoms with van der Waals surface area (Å²) in [6, 6.07) is 18.8. The number of nitrogens with zero attached hydrogens (tertiary/aromatic N) is 1. The Morgan fingerprint density at radius 3 is 2.34 bits per heavy atom. The SMILES string of the molecule is CC(C)CNc1ccc2c(c1)c(=O)n(CC(C)C)c1cc(C(=O)O)c(OCc3ccccc3)cc21. The molecule has 0 spiro atoms. The van der Waals surface area contributed by atoms with Crippen molar-refractivity contribution in [3.63, 3.8) is 0 Å². The molecule has 3 aromatic carbocycles. The fraction of sp³-hybridized carbons (Fsp3) is 0.310. The van der Waals surface area contributed by atoms with E-state index in [-0.39, 0.29) is 29.4 Å². The average molecular weight is 473 g/mol. The second kappa shape index (κ2) is 10.2. The van der Waals surface area contributed by atoms with Gasteiger partial charge in [-0.1, -0.05) is 64.1 Å². The highest BCUT2D eigenvalue weighted by atomic mass is 16.5.